The number of aromatic nitrogens is 2. The Balaban J connectivity index is 1.30. The Hall–Kier alpha value is -3.12. The number of rotatable bonds is 5. The standard InChI is InChI=1S/C27H32N4O2/c1-29-18-15-28-27(29)23-12-7-8-16-31(23)26(32)14-17-30-19-22-11-5-6-13-24(22)33-25(20-30)21-9-3-2-4-10-21/h2-6,9-11,13,15,18,23,25H,7-8,12,14,16-17,19-20H2,1H3. The summed E-state index contributed by atoms with van der Waals surface area (Å²) in [7, 11) is 2.01. The number of aryl methyl sites for hydroxylation is 1. The number of piperidine rings is 1. The van der Waals surface area contributed by atoms with Crippen molar-refractivity contribution in [1.29, 1.82) is 0 Å². The van der Waals surface area contributed by atoms with Gasteiger partial charge in [-0.3, -0.25) is 9.69 Å². The van der Waals surface area contributed by atoms with E-state index in [2.05, 4.69) is 51.2 Å². The zero-order valence-electron chi connectivity index (χ0n) is 19.3. The summed E-state index contributed by atoms with van der Waals surface area (Å²) in [5, 5.41) is 0. The van der Waals surface area contributed by atoms with Gasteiger partial charge < -0.3 is 14.2 Å². The minimum Gasteiger partial charge on any atom is -0.484 e. The minimum absolute atomic E-state index is 0.0553. The van der Waals surface area contributed by atoms with Crippen molar-refractivity contribution < 1.29 is 9.53 Å². The predicted octanol–water partition coefficient (Wildman–Crippen LogP) is 4.50. The second kappa shape index (κ2) is 9.79. The molecule has 1 fully saturated rings. The third-order valence-corrected chi connectivity index (χ3v) is 6.85. The average Bonchev–Trinajstić information content (AvgIpc) is 3.19. The highest BCUT2D eigenvalue weighted by molar-refractivity contribution is 5.77. The van der Waals surface area contributed by atoms with Crippen LogP contribution in [0.1, 0.15) is 54.8 Å². The molecule has 33 heavy (non-hydrogen) atoms. The molecule has 2 atom stereocenters. The molecule has 0 N–H and O–H groups in total. The summed E-state index contributed by atoms with van der Waals surface area (Å²) in [5.41, 5.74) is 2.34. The van der Waals surface area contributed by atoms with E-state index in [1.807, 2.05) is 42.2 Å². The molecular formula is C27H32N4O2. The van der Waals surface area contributed by atoms with Gasteiger partial charge in [0.2, 0.25) is 5.91 Å². The molecule has 3 heterocycles. The van der Waals surface area contributed by atoms with Crippen LogP contribution in [-0.2, 0) is 18.4 Å². The van der Waals surface area contributed by atoms with Crippen LogP contribution in [0, 0.1) is 0 Å². The van der Waals surface area contributed by atoms with E-state index in [1.165, 1.54) is 5.56 Å². The predicted molar refractivity (Wildman–Crippen MR) is 128 cm³/mol. The number of benzene rings is 2. The number of imidazole rings is 1. The third-order valence-electron chi connectivity index (χ3n) is 6.85. The highest BCUT2D eigenvalue weighted by atomic mass is 16.5. The van der Waals surface area contributed by atoms with Crippen molar-refractivity contribution in [2.45, 2.75) is 44.4 Å². The molecule has 0 radical (unpaired) electrons. The Morgan fingerprint density at radius 2 is 1.91 bits per heavy atom. The van der Waals surface area contributed by atoms with Crippen molar-refractivity contribution in [3.8, 4) is 5.75 Å². The molecule has 2 unspecified atom stereocenters. The summed E-state index contributed by atoms with van der Waals surface area (Å²) in [6.45, 7) is 3.07. The molecule has 2 aliphatic heterocycles. The van der Waals surface area contributed by atoms with Gasteiger partial charge in [-0.2, -0.15) is 0 Å². The SMILES string of the molecule is Cn1ccnc1C1CCCCN1C(=O)CCN1Cc2ccccc2OC(c2ccccc2)C1. The maximum Gasteiger partial charge on any atom is 0.224 e. The van der Waals surface area contributed by atoms with Crippen molar-refractivity contribution in [2.75, 3.05) is 19.6 Å². The second-order valence-electron chi connectivity index (χ2n) is 9.11. The van der Waals surface area contributed by atoms with Crippen LogP contribution >= 0.6 is 0 Å². The summed E-state index contributed by atoms with van der Waals surface area (Å²) in [6, 6.07) is 18.7. The van der Waals surface area contributed by atoms with E-state index in [-0.39, 0.29) is 18.1 Å². The second-order valence-corrected chi connectivity index (χ2v) is 9.11. The first kappa shape index (κ1) is 21.7. The number of likely N-dealkylation sites (tertiary alicyclic amines) is 1. The Kier molecular flexibility index (Phi) is 6.44. The monoisotopic (exact) mass is 444 g/mol. The molecule has 2 aliphatic rings. The van der Waals surface area contributed by atoms with Crippen molar-refractivity contribution in [1.82, 2.24) is 19.4 Å². The zero-order valence-corrected chi connectivity index (χ0v) is 19.3. The van der Waals surface area contributed by atoms with Crippen LogP contribution in [-0.4, -0.2) is 44.9 Å². The number of fused-ring (bicyclic) bond motifs is 1. The molecule has 1 aromatic heterocycles. The largest absolute Gasteiger partial charge is 0.484 e. The summed E-state index contributed by atoms with van der Waals surface area (Å²) >= 11 is 0. The average molecular weight is 445 g/mol. The molecule has 1 amide bonds. The lowest BCUT2D eigenvalue weighted by molar-refractivity contribution is -0.135. The number of carbonyl (C=O) groups excluding carboxylic acids is 1. The van der Waals surface area contributed by atoms with E-state index < -0.39 is 0 Å². The Morgan fingerprint density at radius 3 is 2.73 bits per heavy atom. The fourth-order valence-corrected chi connectivity index (χ4v) is 5.09. The molecule has 172 valence electrons. The zero-order chi connectivity index (χ0) is 22.6. The number of carbonyl (C=O) groups is 1. The van der Waals surface area contributed by atoms with Gasteiger partial charge in [-0.25, -0.2) is 4.98 Å². The van der Waals surface area contributed by atoms with E-state index in [0.717, 1.165) is 56.0 Å². The van der Waals surface area contributed by atoms with Crippen LogP contribution in [0.3, 0.4) is 0 Å². The quantitative estimate of drug-likeness (QED) is 0.581. The van der Waals surface area contributed by atoms with Crippen molar-refractivity contribution in [2.24, 2.45) is 7.05 Å². The fraction of sp³-hybridized carbons (Fsp3) is 0.407. The van der Waals surface area contributed by atoms with Crippen LogP contribution < -0.4 is 4.74 Å². The van der Waals surface area contributed by atoms with Gasteiger partial charge in [0.25, 0.3) is 0 Å². The van der Waals surface area contributed by atoms with Crippen LogP contribution in [0.4, 0.5) is 0 Å². The van der Waals surface area contributed by atoms with Gasteiger partial charge in [0.1, 0.15) is 17.7 Å². The van der Waals surface area contributed by atoms with Crippen LogP contribution in [0.15, 0.2) is 67.0 Å². The summed E-state index contributed by atoms with van der Waals surface area (Å²) in [5.74, 6) is 2.15. The van der Waals surface area contributed by atoms with E-state index in [4.69, 9.17) is 4.74 Å². The maximum atomic E-state index is 13.4. The van der Waals surface area contributed by atoms with Crippen molar-refractivity contribution >= 4 is 5.91 Å². The highest BCUT2D eigenvalue weighted by Gasteiger charge is 2.31. The lowest BCUT2D eigenvalue weighted by atomic mass is 10.0. The first-order valence-corrected chi connectivity index (χ1v) is 12.0. The van der Waals surface area contributed by atoms with E-state index in [9.17, 15) is 4.79 Å². The molecule has 6 heteroatoms. The van der Waals surface area contributed by atoms with Crippen molar-refractivity contribution in [3.05, 3.63) is 83.9 Å². The number of ether oxygens (including phenoxy) is 1. The van der Waals surface area contributed by atoms with Gasteiger partial charge in [0.05, 0.1) is 6.04 Å². The topological polar surface area (TPSA) is 50.6 Å². The van der Waals surface area contributed by atoms with Crippen molar-refractivity contribution in [3.63, 3.8) is 0 Å². The number of amides is 1. The first-order valence-electron chi connectivity index (χ1n) is 12.0. The number of hydrogen-bond acceptors (Lipinski definition) is 4. The van der Waals surface area contributed by atoms with Crippen LogP contribution in [0.5, 0.6) is 5.75 Å². The fourth-order valence-electron chi connectivity index (χ4n) is 5.09. The molecule has 2 aromatic carbocycles. The van der Waals surface area contributed by atoms with Gasteiger partial charge in [-0.1, -0.05) is 48.5 Å². The highest BCUT2D eigenvalue weighted by Crippen LogP contribution is 2.32. The minimum atomic E-state index is -0.0553. The smallest absolute Gasteiger partial charge is 0.224 e. The number of nitrogens with zero attached hydrogens (tertiary/aromatic N) is 4. The molecule has 3 aromatic rings. The first-order chi connectivity index (χ1) is 16.2. The van der Waals surface area contributed by atoms with Crippen LogP contribution in [0.2, 0.25) is 0 Å². The van der Waals surface area contributed by atoms with Gasteiger partial charge >= 0.3 is 0 Å². The van der Waals surface area contributed by atoms with Gasteiger partial charge in [-0.15, -0.1) is 0 Å². The summed E-state index contributed by atoms with van der Waals surface area (Å²) in [6.07, 6.45) is 7.42. The number of hydrogen-bond donors (Lipinski definition) is 0. The molecule has 5 rings (SSSR count). The molecule has 0 saturated carbocycles. The van der Waals surface area contributed by atoms with E-state index >= 15 is 0 Å². The lowest BCUT2D eigenvalue weighted by Gasteiger charge is -2.36. The van der Waals surface area contributed by atoms with E-state index in [1.54, 1.807) is 0 Å². The summed E-state index contributed by atoms with van der Waals surface area (Å²) < 4.78 is 8.47. The van der Waals surface area contributed by atoms with Crippen LogP contribution in [0.25, 0.3) is 0 Å². The van der Waals surface area contributed by atoms with Gasteiger partial charge in [0.15, 0.2) is 0 Å². The third kappa shape index (κ3) is 4.81. The summed E-state index contributed by atoms with van der Waals surface area (Å²) in [4.78, 5) is 22.3. The Morgan fingerprint density at radius 1 is 1.09 bits per heavy atom. The maximum absolute atomic E-state index is 13.4. The molecule has 0 spiro atoms. The molecule has 0 aliphatic carbocycles. The number of para-hydroxylation sites is 1. The molecule has 6 nitrogen and oxygen atoms in total. The molecule has 1 saturated heterocycles. The van der Waals surface area contributed by atoms with Gasteiger partial charge in [0, 0.05) is 57.6 Å². The lowest BCUT2D eigenvalue weighted by Crippen LogP contribution is -2.41. The molecular weight excluding hydrogens is 412 g/mol. The van der Waals surface area contributed by atoms with Gasteiger partial charge in [-0.05, 0) is 30.9 Å². The molecule has 0 bridgehead atoms. The van der Waals surface area contributed by atoms with E-state index in [0.29, 0.717) is 13.0 Å². The Labute approximate surface area is 195 Å². The normalized spacial score (nSPS) is 21.2. The Bertz CT molecular complexity index is 1080.